The molecule has 144 valence electrons. The summed E-state index contributed by atoms with van der Waals surface area (Å²) in [5.74, 6) is -3.52. The number of hydrogen-bond donors (Lipinski definition) is 1. The van der Waals surface area contributed by atoms with E-state index in [1.807, 2.05) is 6.07 Å². The lowest BCUT2D eigenvalue weighted by Crippen LogP contribution is -2.42. The first-order chi connectivity index (χ1) is 13.3. The van der Waals surface area contributed by atoms with E-state index >= 15 is 0 Å². The van der Waals surface area contributed by atoms with Crippen molar-refractivity contribution in [3.63, 3.8) is 0 Å². The number of alkyl halides is 2. The number of pyridine rings is 1. The zero-order valence-electron chi connectivity index (χ0n) is 14.9. The molecule has 1 aliphatic rings. The first-order valence-corrected chi connectivity index (χ1v) is 8.88. The van der Waals surface area contributed by atoms with E-state index < -0.39 is 11.8 Å². The molecule has 2 N–H and O–H groups in total. The zero-order chi connectivity index (χ0) is 19.9. The Balaban J connectivity index is 1.62. The molecule has 0 unspecified atom stereocenters. The predicted octanol–water partition coefficient (Wildman–Crippen LogP) is 3.00. The number of piperidine rings is 1. The summed E-state index contributed by atoms with van der Waals surface area (Å²) in [6, 6.07) is 10.3. The molecule has 0 bridgehead atoms. The first kappa shape index (κ1) is 18.1. The van der Waals surface area contributed by atoms with E-state index in [2.05, 4.69) is 4.98 Å². The highest BCUT2D eigenvalue weighted by molar-refractivity contribution is 5.97. The van der Waals surface area contributed by atoms with E-state index in [-0.39, 0.29) is 31.8 Å². The third-order valence-electron chi connectivity index (χ3n) is 4.96. The fraction of sp³-hybridized carbons (Fsp3) is 0.250. The molecule has 3 aromatic rings. The average Bonchev–Trinajstić information content (AvgIpc) is 3.11. The molecular formula is C20H18F2N4O2. The van der Waals surface area contributed by atoms with Crippen molar-refractivity contribution in [3.8, 4) is 5.69 Å². The third kappa shape index (κ3) is 3.33. The minimum absolute atomic E-state index is 0.0325. The highest BCUT2D eigenvalue weighted by Crippen LogP contribution is 2.29. The van der Waals surface area contributed by atoms with Gasteiger partial charge in [0.15, 0.2) is 0 Å². The molecule has 2 aromatic heterocycles. The van der Waals surface area contributed by atoms with Gasteiger partial charge in [-0.2, -0.15) is 0 Å². The second-order valence-corrected chi connectivity index (χ2v) is 6.89. The molecule has 0 atom stereocenters. The van der Waals surface area contributed by atoms with Crippen LogP contribution in [0.1, 0.15) is 33.6 Å². The normalized spacial score (nSPS) is 16.3. The van der Waals surface area contributed by atoms with Crippen LogP contribution in [-0.2, 0) is 0 Å². The molecule has 1 aliphatic heterocycles. The van der Waals surface area contributed by atoms with Gasteiger partial charge in [-0.05, 0) is 30.3 Å². The van der Waals surface area contributed by atoms with Crippen molar-refractivity contribution in [2.45, 2.75) is 18.8 Å². The fourth-order valence-corrected chi connectivity index (χ4v) is 3.38. The van der Waals surface area contributed by atoms with Crippen LogP contribution in [0.2, 0.25) is 0 Å². The summed E-state index contributed by atoms with van der Waals surface area (Å²) < 4.78 is 28.4. The molecule has 0 aliphatic carbocycles. The second kappa shape index (κ2) is 6.70. The summed E-state index contributed by atoms with van der Waals surface area (Å²) in [5, 5.41) is 0.734. The Bertz CT molecular complexity index is 1070. The quantitative estimate of drug-likeness (QED) is 0.754. The lowest BCUT2D eigenvalue weighted by atomic mass is 10.1. The molecule has 3 heterocycles. The minimum Gasteiger partial charge on any atom is -0.366 e. The van der Waals surface area contributed by atoms with Crippen molar-refractivity contribution in [1.82, 2.24) is 14.5 Å². The van der Waals surface area contributed by atoms with Crippen LogP contribution in [0.4, 0.5) is 8.78 Å². The van der Waals surface area contributed by atoms with Crippen molar-refractivity contribution in [3.05, 3.63) is 59.9 Å². The molecule has 0 saturated carbocycles. The molecule has 0 spiro atoms. The Kier molecular flexibility index (Phi) is 4.33. The van der Waals surface area contributed by atoms with Crippen LogP contribution in [0.5, 0.6) is 0 Å². The summed E-state index contributed by atoms with van der Waals surface area (Å²) in [6.07, 6.45) is 2.60. The van der Waals surface area contributed by atoms with E-state index in [1.165, 1.54) is 11.1 Å². The lowest BCUT2D eigenvalue weighted by molar-refractivity contribution is -0.0494. The standard InChI is InChI=1S/C20H18F2N4O2/c21-20(22)5-8-25(9-6-20)19(28)15-10-14-4-7-26(18(14)24-12-15)16-3-1-2-13(11-16)17(23)27/h1-4,7,10-12H,5-6,8-9H2,(H2,23,27). The van der Waals surface area contributed by atoms with Crippen LogP contribution < -0.4 is 5.73 Å². The van der Waals surface area contributed by atoms with Crippen LogP contribution in [0.25, 0.3) is 16.7 Å². The average molecular weight is 384 g/mol. The van der Waals surface area contributed by atoms with Gasteiger partial charge in [0.25, 0.3) is 11.8 Å². The SMILES string of the molecule is NC(=O)c1cccc(-n2ccc3cc(C(=O)N4CCC(F)(F)CC4)cnc32)c1. The minimum atomic E-state index is -2.70. The predicted molar refractivity (Wildman–Crippen MR) is 99.7 cm³/mol. The number of fused-ring (bicyclic) bond motifs is 1. The monoisotopic (exact) mass is 384 g/mol. The number of nitrogens with zero attached hydrogens (tertiary/aromatic N) is 3. The maximum atomic E-state index is 13.3. The van der Waals surface area contributed by atoms with Gasteiger partial charge in [0.2, 0.25) is 5.91 Å². The Hall–Kier alpha value is -3.29. The Morgan fingerprint density at radius 3 is 2.54 bits per heavy atom. The smallest absolute Gasteiger partial charge is 0.255 e. The molecule has 0 radical (unpaired) electrons. The van der Waals surface area contributed by atoms with E-state index in [9.17, 15) is 18.4 Å². The maximum absolute atomic E-state index is 13.3. The number of carbonyl (C=O) groups is 2. The van der Waals surface area contributed by atoms with E-state index in [0.717, 1.165) is 11.1 Å². The second-order valence-electron chi connectivity index (χ2n) is 6.89. The number of benzene rings is 1. The Morgan fingerprint density at radius 1 is 1.07 bits per heavy atom. The number of aromatic nitrogens is 2. The first-order valence-electron chi connectivity index (χ1n) is 8.88. The van der Waals surface area contributed by atoms with Crippen molar-refractivity contribution in [1.29, 1.82) is 0 Å². The number of rotatable bonds is 3. The molecule has 1 fully saturated rings. The number of amides is 2. The van der Waals surface area contributed by atoms with Gasteiger partial charge < -0.3 is 15.2 Å². The molecular weight excluding hydrogens is 366 g/mol. The van der Waals surface area contributed by atoms with Gasteiger partial charge in [-0.15, -0.1) is 0 Å². The fourth-order valence-electron chi connectivity index (χ4n) is 3.38. The number of likely N-dealkylation sites (tertiary alicyclic amines) is 1. The maximum Gasteiger partial charge on any atom is 0.255 e. The summed E-state index contributed by atoms with van der Waals surface area (Å²) in [5.41, 5.74) is 7.41. The molecule has 8 heteroatoms. The number of hydrogen-bond acceptors (Lipinski definition) is 3. The van der Waals surface area contributed by atoms with Crippen molar-refractivity contribution in [2.75, 3.05) is 13.1 Å². The summed E-state index contributed by atoms with van der Waals surface area (Å²) in [7, 11) is 0. The Morgan fingerprint density at radius 2 is 1.82 bits per heavy atom. The molecule has 1 aromatic carbocycles. The number of primary amides is 1. The third-order valence-corrected chi connectivity index (χ3v) is 4.96. The summed E-state index contributed by atoms with van der Waals surface area (Å²) >= 11 is 0. The van der Waals surface area contributed by atoms with Gasteiger partial charge in [-0.1, -0.05) is 6.07 Å². The van der Waals surface area contributed by atoms with Crippen molar-refractivity contribution in [2.24, 2.45) is 5.73 Å². The van der Waals surface area contributed by atoms with Gasteiger partial charge in [-0.25, -0.2) is 13.8 Å². The van der Waals surface area contributed by atoms with Gasteiger partial charge in [0, 0.05) is 55.0 Å². The van der Waals surface area contributed by atoms with Gasteiger partial charge in [0.05, 0.1) is 5.56 Å². The van der Waals surface area contributed by atoms with Crippen LogP contribution in [-0.4, -0.2) is 45.3 Å². The zero-order valence-corrected chi connectivity index (χ0v) is 14.9. The highest BCUT2D eigenvalue weighted by Gasteiger charge is 2.35. The highest BCUT2D eigenvalue weighted by atomic mass is 19.3. The van der Waals surface area contributed by atoms with Crippen LogP contribution >= 0.6 is 0 Å². The number of nitrogens with two attached hydrogens (primary N) is 1. The molecule has 1 saturated heterocycles. The van der Waals surface area contributed by atoms with Gasteiger partial charge in [0.1, 0.15) is 5.65 Å². The largest absolute Gasteiger partial charge is 0.366 e. The lowest BCUT2D eigenvalue weighted by Gasteiger charge is -2.31. The molecule has 2 amide bonds. The molecule has 4 rings (SSSR count). The molecule has 28 heavy (non-hydrogen) atoms. The number of carbonyl (C=O) groups excluding carboxylic acids is 2. The summed E-state index contributed by atoms with van der Waals surface area (Å²) in [6.45, 7) is 0.0651. The van der Waals surface area contributed by atoms with Gasteiger partial charge >= 0.3 is 0 Å². The summed E-state index contributed by atoms with van der Waals surface area (Å²) in [4.78, 5) is 29.9. The number of halogens is 2. The topological polar surface area (TPSA) is 81.2 Å². The van der Waals surface area contributed by atoms with Gasteiger partial charge in [-0.3, -0.25) is 9.59 Å². The Labute approximate surface area is 159 Å². The van der Waals surface area contributed by atoms with Crippen LogP contribution in [0, 0.1) is 0 Å². The van der Waals surface area contributed by atoms with Crippen LogP contribution in [0.15, 0.2) is 48.8 Å². The van der Waals surface area contributed by atoms with E-state index in [0.29, 0.717) is 16.8 Å². The van der Waals surface area contributed by atoms with Crippen LogP contribution in [0.3, 0.4) is 0 Å². The van der Waals surface area contributed by atoms with E-state index in [1.54, 1.807) is 41.1 Å². The van der Waals surface area contributed by atoms with Crippen molar-refractivity contribution >= 4 is 22.8 Å². The molecule has 6 nitrogen and oxygen atoms in total. The van der Waals surface area contributed by atoms with E-state index in [4.69, 9.17) is 5.73 Å². The van der Waals surface area contributed by atoms with Crippen molar-refractivity contribution < 1.29 is 18.4 Å².